The molecule has 3 aliphatic rings. The van der Waals surface area contributed by atoms with Crippen LogP contribution in [0.5, 0.6) is 0 Å². The monoisotopic (exact) mass is 292 g/mol. The van der Waals surface area contributed by atoms with Gasteiger partial charge in [-0.05, 0) is 49.9 Å². The van der Waals surface area contributed by atoms with E-state index in [2.05, 4.69) is 17.5 Å². The molecule has 0 aromatic carbocycles. The number of hydrogen-bond acceptors (Lipinski definition) is 2. The standard InChI is InChI=1S/C16H24N2O3/c19-15(20)14-2-1-7-18(10-14)16(21)17-6-5-13-9-11-3-4-12(13)8-11/h3-4,11-14H,1-2,5-10H2,(H,17,21)(H,19,20)/t11-,12+,13?,14?/m1/s1. The van der Waals surface area contributed by atoms with Crippen molar-refractivity contribution < 1.29 is 14.7 Å². The number of hydrogen-bond donors (Lipinski definition) is 2. The molecule has 2 amide bonds. The van der Waals surface area contributed by atoms with E-state index in [1.165, 1.54) is 12.8 Å². The smallest absolute Gasteiger partial charge is 0.317 e. The number of carbonyl (C=O) groups excluding carboxylic acids is 1. The van der Waals surface area contributed by atoms with Gasteiger partial charge in [0.15, 0.2) is 0 Å². The van der Waals surface area contributed by atoms with Crippen LogP contribution < -0.4 is 5.32 Å². The van der Waals surface area contributed by atoms with E-state index in [1.807, 2.05) is 0 Å². The largest absolute Gasteiger partial charge is 0.481 e. The van der Waals surface area contributed by atoms with Crippen LogP contribution >= 0.6 is 0 Å². The number of likely N-dealkylation sites (tertiary alicyclic amines) is 1. The number of carboxylic acids is 1. The fraction of sp³-hybridized carbons (Fsp3) is 0.750. The molecule has 3 rings (SSSR count). The zero-order chi connectivity index (χ0) is 14.8. The van der Waals surface area contributed by atoms with Crippen molar-refractivity contribution in [3.8, 4) is 0 Å². The number of nitrogens with one attached hydrogen (secondary N) is 1. The van der Waals surface area contributed by atoms with Gasteiger partial charge in [-0.25, -0.2) is 4.79 Å². The minimum atomic E-state index is -0.790. The van der Waals surface area contributed by atoms with Gasteiger partial charge in [0, 0.05) is 19.6 Å². The molecule has 1 saturated heterocycles. The van der Waals surface area contributed by atoms with Crippen LogP contribution in [0, 0.1) is 23.7 Å². The third kappa shape index (κ3) is 3.22. The number of fused-ring (bicyclic) bond motifs is 2. The lowest BCUT2D eigenvalue weighted by molar-refractivity contribution is -0.143. The summed E-state index contributed by atoms with van der Waals surface area (Å²) in [5, 5.41) is 12.0. The van der Waals surface area contributed by atoms with E-state index in [9.17, 15) is 9.59 Å². The van der Waals surface area contributed by atoms with E-state index < -0.39 is 11.9 Å². The van der Waals surface area contributed by atoms with Crippen molar-refractivity contribution in [2.45, 2.75) is 32.1 Å². The minimum Gasteiger partial charge on any atom is -0.481 e. The Kier molecular flexibility index (Phi) is 4.17. The number of urea groups is 1. The molecule has 21 heavy (non-hydrogen) atoms. The molecule has 2 bridgehead atoms. The Morgan fingerprint density at radius 2 is 2.14 bits per heavy atom. The second kappa shape index (κ2) is 6.08. The van der Waals surface area contributed by atoms with Crippen molar-refractivity contribution in [2.24, 2.45) is 23.7 Å². The Morgan fingerprint density at radius 3 is 2.81 bits per heavy atom. The predicted molar refractivity (Wildman–Crippen MR) is 78.8 cm³/mol. The highest BCUT2D eigenvalue weighted by Gasteiger charge is 2.35. The molecule has 0 radical (unpaired) electrons. The van der Waals surface area contributed by atoms with Gasteiger partial charge < -0.3 is 15.3 Å². The van der Waals surface area contributed by atoms with Crippen molar-refractivity contribution in [1.82, 2.24) is 10.2 Å². The van der Waals surface area contributed by atoms with E-state index in [4.69, 9.17) is 5.11 Å². The van der Waals surface area contributed by atoms with Crippen molar-refractivity contribution in [1.29, 1.82) is 0 Å². The normalized spacial score (nSPS) is 34.2. The van der Waals surface area contributed by atoms with Gasteiger partial charge in [0.1, 0.15) is 0 Å². The highest BCUT2D eigenvalue weighted by molar-refractivity contribution is 5.76. The van der Waals surface area contributed by atoms with Crippen LogP contribution in [0.4, 0.5) is 4.79 Å². The zero-order valence-electron chi connectivity index (χ0n) is 12.3. The molecule has 116 valence electrons. The minimum absolute atomic E-state index is 0.0975. The lowest BCUT2D eigenvalue weighted by Crippen LogP contribution is -2.47. The highest BCUT2D eigenvalue weighted by Crippen LogP contribution is 2.44. The summed E-state index contributed by atoms with van der Waals surface area (Å²) in [7, 11) is 0. The van der Waals surface area contributed by atoms with Crippen molar-refractivity contribution >= 4 is 12.0 Å². The third-order valence-electron chi connectivity index (χ3n) is 5.27. The molecule has 2 unspecified atom stereocenters. The molecule has 4 atom stereocenters. The van der Waals surface area contributed by atoms with Crippen LogP contribution in [0.25, 0.3) is 0 Å². The number of allylic oxidation sites excluding steroid dienone is 2. The average molecular weight is 292 g/mol. The number of carboxylic acid groups (broad SMARTS) is 1. The summed E-state index contributed by atoms with van der Waals surface area (Å²) in [6.07, 6.45) is 9.72. The predicted octanol–water partition coefficient (Wildman–Crippen LogP) is 2.09. The van der Waals surface area contributed by atoms with Crippen LogP contribution in [0.1, 0.15) is 32.1 Å². The first kappa shape index (κ1) is 14.4. The maximum atomic E-state index is 12.1. The lowest BCUT2D eigenvalue weighted by atomic mass is 9.91. The van der Waals surface area contributed by atoms with Gasteiger partial charge in [0.05, 0.1) is 5.92 Å². The van der Waals surface area contributed by atoms with Gasteiger partial charge >= 0.3 is 12.0 Å². The molecular weight excluding hydrogens is 268 g/mol. The van der Waals surface area contributed by atoms with E-state index in [1.54, 1.807) is 4.90 Å². The van der Waals surface area contributed by atoms with Gasteiger partial charge in [-0.1, -0.05) is 12.2 Å². The van der Waals surface area contributed by atoms with E-state index >= 15 is 0 Å². The average Bonchev–Trinajstić information content (AvgIpc) is 3.10. The molecule has 5 nitrogen and oxygen atoms in total. The Morgan fingerprint density at radius 1 is 1.29 bits per heavy atom. The van der Waals surface area contributed by atoms with Crippen LogP contribution in [0.2, 0.25) is 0 Å². The van der Waals surface area contributed by atoms with E-state index in [-0.39, 0.29) is 6.03 Å². The van der Waals surface area contributed by atoms with Crippen molar-refractivity contribution in [2.75, 3.05) is 19.6 Å². The molecule has 5 heteroatoms. The Bertz CT molecular complexity index is 449. The van der Waals surface area contributed by atoms with Crippen LogP contribution in [0.15, 0.2) is 12.2 Å². The molecular formula is C16H24N2O3. The summed E-state index contributed by atoms with van der Waals surface area (Å²) in [6.45, 7) is 1.72. The summed E-state index contributed by atoms with van der Waals surface area (Å²) in [5.41, 5.74) is 0. The fourth-order valence-electron chi connectivity index (χ4n) is 4.07. The van der Waals surface area contributed by atoms with Crippen LogP contribution in [-0.2, 0) is 4.79 Å². The molecule has 2 fully saturated rings. The summed E-state index contributed by atoms with van der Waals surface area (Å²) < 4.78 is 0. The Hall–Kier alpha value is -1.52. The molecule has 2 N–H and O–H groups in total. The number of amides is 2. The molecule has 1 heterocycles. The lowest BCUT2D eigenvalue weighted by Gasteiger charge is -2.31. The van der Waals surface area contributed by atoms with Crippen molar-refractivity contribution in [3.05, 3.63) is 12.2 Å². The first-order valence-corrected chi connectivity index (χ1v) is 8.07. The molecule has 0 spiro atoms. The molecule has 0 aromatic heterocycles. The third-order valence-corrected chi connectivity index (χ3v) is 5.27. The number of carbonyl (C=O) groups is 2. The summed E-state index contributed by atoms with van der Waals surface area (Å²) >= 11 is 0. The fourth-order valence-corrected chi connectivity index (χ4v) is 4.07. The second-order valence-electron chi connectivity index (χ2n) is 6.68. The quantitative estimate of drug-likeness (QED) is 0.780. The van der Waals surface area contributed by atoms with Crippen LogP contribution in [-0.4, -0.2) is 41.6 Å². The van der Waals surface area contributed by atoms with Gasteiger partial charge in [-0.3, -0.25) is 4.79 Å². The topological polar surface area (TPSA) is 69.6 Å². The SMILES string of the molecule is O=C(O)C1CCCN(C(=O)NCCC2C[C@@H]3C=C[C@H]2C3)C1. The molecule has 1 aliphatic heterocycles. The summed E-state index contributed by atoms with van der Waals surface area (Å²) in [6, 6.07) is -0.0975. The van der Waals surface area contributed by atoms with E-state index in [0.717, 1.165) is 24.7 Å². The number of nitrogens with zero attached hydrogens (tertiary/aromatic N) is 1. The first-order chi connectivity index (χ1) is 10.1. The summed E-state index contributed by atoms with van der Waals surface area (Å²) in [4.78, 5) is 24.8. The Balaban J connectivity index is 1.40. The van der Waals surface area contributed by atoms with Gasteiger partial charge in [0.25, 0.3) is 0 Å². The highest BCUT2D eigenvalue weighted by atomic mass is 16.4. The zero-order valence-corrected chi connectivity index (χ0v) is 12.3. The molecule has 0 aromatic rings. The van der Waals surface area contributed by atoms with Gasteiger partial charge in [-0.15, -0.1) is 0 Å². The number of aliphatic carboxylic acids is 1. The summed E-state index contributed by atoms with van der Waals surface area (Å²) in [5.74, 6) is 1.02. The van der Waals surface area contributed by atoms with Gasteiger partial charge in [-0.2, -0.15) is 0 Å². The maximum absolute atomic E-state index is 12.1. The first-order valence-electron chi connectivity index (χ1n) is 8.07. The second-order valence-corrected chi connectivity index (χ2v) is 6.68. The Labute approximate surface area is 125 Å². The molecule has 2 aliphatic carbocycles. The maximum Gasteiger partial charge on any atom is 0.317 e. The number of rotatable bonds is 4. The number of piperidine rings is 1. The van der Waals surface area contributed by atoms with E-state index in [0.29, 0.717) is 32.0 Å². The molecule has 1 saturated carbocycles. The van der Waals surface area contributed by atoms with Gasteiger partial charge in [0.2, 0.25) is 0 Å². The van der Waals surface area contributed by atoms with Crippen molar-refractivity contribution in [3.63, 3.8) is 0 Å². The van der Waals surface area contributed by atoms with Crippen LogP contribution in [0.3, 0.4) is 0 Å².